The molecule has 0 N–H and O–H groups in total. The third kappa shape index (κ3) is 3.31. The van der Waals surface area contributed by atoms with Gasteiger partial charge >= 0.3 is 0 Å². The summed E-state index contributed by atoms with van der Waals surface area (Å²) in [6, 6.07) is 22.1. The Morgan fingerprint density at radius 3 is 1.97 bits per heavy atom. The highest BCUT2D eigenvalue weighted by molar-refractivity contribution is 5.97. The van der Waals surface area contributed by atoms with E-state index in [4.69, 9.17) is 0 Å². The van der Waals surface area contributed by atoms with Crippen LogP contribution in [0.3, 0.4) is 0 Å². The van der Waals surface area contributed by atoms with E-state index in [1.165, 1.54) is 38.6 Å². The van der Waals surface area contributed by atoms with Crippen molar-refractivity contribution >= 4 is 21.8 Å². The van der Waals surface area contributed by atoms with Gasteiger partial charge in [0.25, 0.3) is 16.7 Å². The van der Waals surface area contributed by atoms with E-state index >= 15 is 0 Å². The Hall–Kier alpha value is -2.74. The Morgan fingerprint density at radius 1 is 0.690 bits per heavy atom. The van der Waals surface area contributed by atoms with E-state index in [9.17, 15) is 0 Å². The van der Waals surface area contributed by atoms with Crippen LogP contribution >= 0.6 is 0 Å². The van der Waals surface area contributed by atoms with Gasteiger partial charge in [-0.2, -0.15) is 9.13 Å². The predicted molar refractivity (Wildman–Crippen MR) is 122 cm³/mol. The molecule has 29 heavy (non-hydrogen) atoms. The van der Waals surface area contributed by atoms with Crippen molar-refractivity contribution in [3.63, 3.8) is 0 Å². The van der Waals surface area contributed by atoms with Crippen LogP contribution in [0.5, 0.6) is 0 Å². The molecule has 0 spiro atoms. The first-order chi connectivity index (χ1) is 13.6. The van der Waals surface area contributed by atoms with Gasteiger partial charge in [0.2, 0.25) is 6.20 Å². The normalized spacial score (nSPS) is 12.7. The zero-order valence-corrected chi connectivity index (χ0v) is 18.7. The largest absolute Gasteiger partial charge is 0.278 e. The second-order valence-corrected chi connectivity index (χ2v) is 10.1. The molecule has 3 aromatic carbocycles. The smallest absolute Gasteiger partial charge is 0.190 e. The Bertz CT molecular complexity index is 1220. The minimum absolute atomic E-state index is 0.0410. The molecule has 0 amide bonds. The molecule has 0 aliphatic heterocycles. The van der Waals surface area contributed by atoms with Crippen LogP contribution in [0.2, 0.25) is 0 Å². The minimum Gasteiger partial charge on any atom is -0.190 e. The fraction of sp³-hybridized carbons (Fsp3) is 0.333. The summed E-state index contributed by atoms with van der Waals surface area (Å²) in [5.41, 5.74) is 6.46. The first kappa shape index (κ1) is 19.6. The summed E-state index contributed by atoms with van der Waals surface area (Å²) in [6.45, 7) is 13.8. The number of hydrogen-bond acceptors (Lipinski definition) is 0. The Balaban J connectivity index is 2.26. The van der Waals surface area contributed by atoms with Gasteiger partial charge in [-0.05, 0) is 21.8 Å². The summed E-state index contributed by atoms with van der Waals surface area (Å²) >= 11 is 0. The second kappa shape index (κ2) is 6.66. The molecule has 0 fully saturated rings. The maximum atomic E-state index is 2.51. The fourth-order valence-corrected chi connectivity index (χ4v) is 4.46. The average Bonchev–Trinajstić information content (AvgIpc) is 2.65. The zero-order valence-electron chi connectivity index (χ0n) is 18.7. The third-order valence-corrected chi connectivity index (χ3v) is 5.72. The summed E-state index contributed by atoms with van der Waals surface area (Å²) in [7, 11) is 2.15. The van der Waals surface area contributed by atoms with Crippen molar-refractivity contribution in [2.24, 2.45) is 7.05 Å². The lowest BCUT2D eigenvalue weighted by molar-refractivity contribution is -0.740. The van der Waals surface area contributed by atoms with E-state index in [0.717, 1.165) is 0 Å². The molecule has 0 bridgehead atoms. The molecule has 0 aliphatic rings. The number of aromatic nitrogens is 2. The van der Waals surface area contributed by atoms with Crippen molar-refractivity contribution in [2.45, 2.75) is 52.5 Å². The molecule has 0 saturated heterocycles. The van der Waals surface area contributed by atoms with Crippen molar-refractivity contribution in [1.82, 2.24) is 0 Å². The lowest BCUT2D eigenvalue weighted by Crippen LogP contribution is -2.55. The maximum absolute atomic E-state index is 2.51. The maximum Gasteiger partial charge on any atom is 0.278 e. The lowest BCUT2D eigenvalue weighted by atomic mass is 9.80. The fourth-order valence-electron chi connectivity index (χ4n) is 4.46. The predicted octanol–water partition coefficient (Wildman–Crippen LogP) is 5.82. The standard InChI is InChI=1S/C27H32N2/c1-26(2,3)21-17-16-19-12-8-9-13-20(19)25(21)24-18-28(7)22-14-10-11-15-23(22)29(24)27(4,5)6/h8-18H,1-7H3/q+2. The Morgan fingerprint density at radius 2 is 1.31 bits per heavy atom. The molecular weight excluding hydrogens is 352 g/mol. The van der Waals surface area contributed by atoms with E-state index in [1.807, 2.05) is 0 Å². The molecule has 0 atom stereocenters. The summed E-state index contributed by atoms with van der Waals surface area (Å²) < 4.78 is 4.78. The lowest BCUT2D eigenvalue weighted by Gasteiger charge is -2.25. The summed E-state index contributed by atoms with van der Waals surface area (Å²) in [6.07, 6.45) is 2.31. The molecule has 148 valence electrons. The number of benzene rings is 3. The topological polar surface area (TPSA) is 7.76 Å². The number of aryl methyl sites for hydroxylation is 1. The summed E-state index contributed by atoms with van der Waals surface area (Å²) in [5, 5.41) is 2.60. The highest BCUT2D eigenvalue weighted by Crippen LogP contribution is 2.38. The van der Waals surface area contributed by atoms with Crippen LogP contribution < -0.4 is 9.13 Å². The van der Waals surface area contributed by atoms with Gasteiger partial charge in [0.05, 0.1) is 5.56 Å². The van der Waals surface area contributed by atoms with Gasteiger partial charge in [0.15, 0.2) is 5.54 Å². The molecule has 0 radical (unpaired) electrons. The van der Waals surface area contributed by atoms with Crippen LogP contribution in [0.15, 0.2) is 66.9 Å². The Kier molecular flexibility index (Phi) is 4.49. The SMILES string of the molecule is C[n+]1cc(-c2c(C(C)(C)C)ccc3ccccc23)[n+](C(C)(C)C)c2ccccc21. The number of nitrogens with zero attached hydrogens (tertiary/aromatic N) is 2. The molecule has 4 aromatic rings. The summed E-state index contributed by atoms with van der Waals surface area (Å²) in [4.78, 5) is 0. The van der Waals surface area contributed by atoms with Crippen LogP contribution in [-0.4, -0.2) is 0 Å². The van der Waals surface area contributed by atoms with Gasteiger partial charge in [-0.15, -0.1) is 0 Å². The summed E-state index contributed by atoms with van der Waals surface area (Å²) in [5.74, 6) is 0. The number of fused-ring (bicyclic) bond motifs is 2. The quantitative estimate of drug-likeness (QED) is 0.365. The van der Waals surface area contributed by atoms with Gasteiger partial charge in [-0.3, -0.25) is 0 Å². The molecule has 2 nitrogen and oxygen atoms in total. The number of para-hydroxylation sites is 2. The molecular formula is C27H32N2+2. The molecule has 0 unspecified atom stereocenters. The van der Waals surface area contributed by atoms with Crippen molar-refractivity contribution in [3.8, 4) is 11.3 Å². The van der Waals surface area contributed by atoms with Crippen LogP contribution in [0.25, 0.3) is 33.1 Å². The van der Waals surface area contributed by atoms with Crippen LogP contribution in [0.1, 0.15) is 47.1 Å². The molecule has 4 rings (SSSR count). The Labute approximate surface area is 174 Å². The molecule has 2 heteroatoms. The van der Waals surface area contributed by atoms with Gasteiger partial charge in [-0.1, -0.05) is 69.3 Å². The van der Waals surface area contributed by atoms with Crippen molar-refractivity contribution in [2.75, 3.05) is 0 Å². The number of hydrogen-bond donors (Lipinski definition) is 0. The van der Waals surface area contributed by atoms with Crippen LogP contribution in [-0.2, 0) is 18.0 Å². The van der Waals surface area contributed by atoms with E-state index in [2.05, 4.69) is 125 Å². The van der Waals surface area contributed by atoms with Crippen LogP contribution in [0, 0.1) is 0 Å². The highest BCUT2D eigenvalue weighted by Gasteiger charge is 2.36. The van der Waals surface area contributed by atoms with Gasteiger partial charge < -0.3 is 0 Å². The first-order valence-corrected chi connectivity index (χ1v) is 10.5. The van der Waals surface area contributed by atoms with Crippen LogP contribution in [0.4, 0.5) is 0 Å². The molecule has 0 saturated carbocycles. The third-order valence-electron chi connectivity index (χ3n) is 5.72. The zero-order chi connectivity index (χ0) is 21.0. The second-order valence-electron chi connectivity index (χ2n) is 10.1. The van der Waals surface area contributed by atoms with Crippen molar-refractivity contribution in [3.05, 3.63) is 72.4 Å². The van der Waals surface area contributed by atoms with Gasteiger partial charge in [0, 0.05) is 32.9 Å². The number of rotatable bonds is 1. The molecule has 1 heterocycles. The molecule has 1 aromatic heterocycles. The van der Waals surface area contributed by atoms with Crippen molar-refractivity contribution in [1.29, 1.82) is 0 Å². The minimum atomic E-state index is -0.0602. The molecule has 0 aliphatic carbocycles. The van der Waals surface area contributed by atoms with E-state index in [-0.39, 0.29) is 11.0 Å². The van der Waals surface area contributed by atoms with Gasteiger partial charge in [0.1, 0.15) is 7.05 Å². The van der Waals surface area contributed by atoms with E-state index < -0.39 is 0 Å². The highest BCUT2D eigenvalue weighted by atomic mass is 15.1. The average molecular weight is 385 g/mol. The monoisotopic (exact) mass is 384 g/mol. The van der Waals surface area contributed by atoms with Gasteiger partial charge in [-0.25, -0.2) is 0 Å². The van der Waals surface area contributed by atoms with Crippen molar-refractivity contribution < 1.29 is 9.13 Å². The first-order valence-electron chi connectivity index (χ1n) is 10.5. The van der Waals surface area contributed by atoms with E-state index in [1.54, 1.807) is 0 Å². The van der Waals surface area contributed by atoms with E-state index in [0.29, 0.717) is 0 Å².